The average Bonchev–Trinajstić information content (AvgIpc) is 2.18. The molecule has 102 valence electrons. The number of hydrogen-bond donors (Lipinski definition) is 1. The van der Waals surface area contributed by atoms with Crippen LogP contribution in [0.3, 0.4) is 0 Å². The monoisotopic (exact) mass is 240 g/mol. The van der Waals surface area contributed by atoms with Crippen molar-refractivity contribution in [3.63, 3.8) is 0 Å². The molecule has 1 heteroatoms. The van der Waals surface area contributed by atoms with Gasteiger partial charge in [0.2, 0.25) is 0 Å². The maximum absolute atomic E-state index is 10.7. The van der Waals surface area contributed by atoms with Crippen molar-refractivity contribution in [1.82, 2.24) is 0 Å². The molecule has 0 radical (unpaired) electrons. The van der Waals surface area contributed by atoms with Crippen molar-refractivity contribution in [2.24, 2.45) is 23.2 Å². The van der Waals surface area contributed by atoms with E-state index in [1.807, 2.05) is 0 Å². The second-order valence-corrected chi connectivity index (χ2v) is 7.88. The largest absolute Gasteiger partial charge is 0.390 e. The van der Waals surface area contributed by atoms with Gasteiger partial charge < -0.3 is 5.11 Å². The van der Waals surface area contributed by atoms with E-state index in [0.29, 0.717) is 11.3 Å². The lowest BCUT2D eigenvalue weighted by atomic mass is 9.68. The van der Waals surface area contributed by atoms with E-state index in [2.05, 4.69) is 41.5 Å². The van der Waals surface area contributed by atoms with Gasteiger partial charge in [0.1, 0.15) is 0 Å². The molecule has 17 heavy (non-hydrogen) atoms. The fourth-order valence-corrected chi connectivity index (χ4v) is 2.94. The van der Waals surface area contributed by atoms with Gasteiger partial charge in [-0.2, -0.15) is 0 Å². The Bertz CT molecular complexity index is 236. The molecule has 1 aliphatic carbocycles. The van der Waals surface area contributed by atoms with Crippen molar-refractivity contribution in [3.8, 4) is 0 Å². The van der Waals surface area contributed by atoms with Gasteiger partial charge in [0.25, 0.3) is 0 Å². The van der Waals surface area contributed by atoms with E-state index in [4.69, 9.17) is 0 Å². The van der Waals surface area contributed by atoms with Gasteiger partial charge >= 0.3 is 0 Å². The fraction of sp³-hybridized carbons (Fsp3) is 1.00. The van der Waals surface area contributed by atoms with Crippen molar-refractivity contribution in [2.75, 3.05) is 0 Å². The minimum atomic E-state index is -0.457. The zero-order valence-corrected chi connectivity index (χ0v) is 12.7. The molecule has 4 unspecified atom stereocenters. The van der Waals surface area contributed by atoms with Crippen molar-refractivity contribution in [3.05, 3.63) is 0 Å². The van der Waals surface area contributed by atoms with Crippen LogP contribution < -0.4 is 0 Å². The Morgan fingerprint density at radius 3 is 2.00 bits per heavy atom. The first-order chi connectivity index (χ1) is 7.62. The van der Waals surface area contributed by atoms with Gasteiger partial charge in [-0.15, -0.1) is 0 Å². The first kappa shape index (κ1) is 15.0. The Morgan fingerprint density at radius 1 is 0.941 bits per heavy atom. The minimum absolute atomic E-state index is 0.331. The summed E-state index contributed by atoms with van der Waals surface area (Å²) in [6.07, 6.45) is 5.77. The molecule has 1 aliphatic rings. The van der Waals surface area contributed by atoms with Gasteiger partial charge in [0.05, 0.1) is 5.60 Å². The first-order valence-corrected chi connectivity index (χ1v) is 7.34. The molecule has 0 heterocycles. The molecule has 0 aromatic heterocycles. The lowest BCUT2D eigenvalue weighted by Crippen LogP contribution is -2.39. The summed E-state index contributed by atoms with van der Waals surface area (Å²) in [7, 11) is 0. The molecule has 0 aromatic rings. The molecule has 1 N–H and O–H groups in total. The second kappa shape index (κ2) is 5.30. The minimum Gasteiger partial charge on any atom is -0.390 e. The third kappa shape index (κ3) is 4.62. The second-order valence-electron chi connectivity index (χ2n) is 7.88. The SMILES string of the molecule is CC1CCC(C(C)(O)CCC(C)(C)C)CC1C. The molecule has 0 spiro atoms. The Kier molecular flexibility index (Phi) is 4.68. The summed E-state index contributed by atoms with van der Waals surface area (Å²) in [6.45, 7) is 13.5. The fourth-order valence-electron chi connectivity index (χ4n) is 2.94. The van der Waals surface area contributed by atoms with E-state index in [9.17, 15) is 5.11 Å². The van der Waals surface area contributed by atoms with E-state index >= 15 is 0 Å². The van der Waals surface area contributed by atoms with Crippen LogP contribution in [0.15, 0.2) is 0 Å². The molecule has 1 rings (SSSR count). The van der Waals surface area contributed by atoms with Gasteiger partial charge in [-0.05, 0) is 55.8 Å². The number of aliphatic hydroxyl groups is 1. The van der Waals surface area contributed by atoms with E-state index in [1.54, 1.807) is 0 Å². The highest BCUT2D eigenvalue weighted by Crippen LogP contribution is 2.41. The van der Waals surface area contributed by atoms with E-state index in [-0.39, 0.29) is 0 Å². The molecule has 0 amide bonds. The highest BCUT2D eigenvalue weighted by atomic mass is 16.3. The van der Waals surface area contributed by atoms with Gasteiger partial charge in [0, 0.05) is 0 Å². The van der Waals surface area contributed by atoms with Crippen molar-refractivity contribution < 1.29 is 5.11 Å². The quantitative estimate of drug-likeness (QED) is 0.762. The Hall–Kier alpha value is -0.0400. The smallest absolute Gasteiger partial charge is 0.0648 e. The molecule has 0 aromatic carbocycles. The molecule has 0 aliphatic heterocycles. The maximum atomic E-state index is 10.7. The molecule has 4 atom stereocenters. The molecule has 0 bridgehead atoms. The summed E-state index contributed by atoms with van der Waals surface area (Å²) in [4.78, 5) is 0. The zero-order valence-electron chi connectivity index (χ0n) is 12.7. The predicted octanol–water partition coefficient (Wildman–Crippen LogP) is 4.64. The molecular weight excluding hydrogens is 208 g/mol. The van der Waals surface area contributed by atoms with Crippen LogP contribution in [0.5, 0.6) is 0 Å². The van der Waals surface area contributed by atoms with Gasteiger partial charge in [-0.1, -0.05) is 41.0 Å². The van der Waals surface area contributed by atoms with Crippen LogP contribution in [0.1, 0.15) is 73.6 Å². The molecule has 1 saturated carbocycles. The lowest BCUT2D eigenvalue weighted by Gasteiger charge is -2.41. The summed E-state index contributed by atoms with van der Waals surface area (Å²) < 4.78 is 0. The van der Waals surface area contributed by atoms with Crippen LogP contribution in [-0.4, -0.2) is 10.7 Å². The summed E-state index contributed by atoms with van der Waals surface area (Å²) in [5.74, 6) is 2.12. The third-order valence-corrected chi connectivity index (χ3v) is 4.86. The Morgan fingerprint density at radius 2 is 1.53 bits per heavy atom. The third-order valence-electron chi connectivity index (χ3n) is 4.86. The van der Waals surface area contributed by atoms with Crippen LogP contribution in [0.2, 0.25) is 0 Å². The standard InChI is InChI=1S/C16H32O/c1-12-7-8-14(11-13(12)2)16(6,17)10-9-15(3,4)5/h12-14,17H,7-11H2,1-6H3. The van der Waals surface area contributed by atoms with E-state index in [1.165, 1.54) is 19.3 Å². The number of rotatable bonds is 3. The summed E-state index contributed by atoms with van der Waals surface area (Å²) in [5, 5.41) is 10.7. The summed E-state index contributed by atoms with van der Waals surface area (Å²) in [5.41, 5.74) is -0.126. The van der Waals surface area contributed by atoms with Crippen LogP contribution in [0, 0.1) is 23.2 Å². The average molecular weight is 240 g/mol. The molecular formula is C16H32O. The van der Waals surface area contributed by atoms with Crippen molar-refractivity contribution in [2.45, 2.75) is 79.2 Å². The predicted molar refractivity (Wildman–Crippen MR) is 75.0 cm³/mol. The highest BCUT2D eigenvalue weighted by Gasteiger charge is 2.37. The molecule has 1 nitrogen and oxygen atoms in total. The van der Waals surface area contributed by atoms with Crippen LogP contribution in [0.4, 0.5) is 0 Å². The molecule has 0 saturated heterocycles. The highest BCUT2D eigenvalue weighted by molar-refractivity contribution is 4.88. The van der Waals surface area contributed by atoms with Crippen molar-refractivity contribution >= 4 is 0 Å². The van der Waals surface area contributed by atoms with Gasteiger partial charge in [-0.3, -0.25) is 0 Å². The normalized spacial score (nSPS) is 34.4. The van der Waals surface area contributed by atoms with E-state index in [0.717, 1.165) is 24.7 Å². The summed E-state index contributed by atoms with van der Waals surface area (Å²) >= 11 is 0. The van der Waals surface area contributed by atoms with E-state index < -0.39 is 5.60 Å². The van der Waals surface area contributed by atoms with Gasteiger partial charge in [0.15, 0.2) is 0 Å². The van der Waals surface area contributed by atoms with Gasteiger partial charge in [-0.25, -0.2) is 0 Å². The summed E-state index contributed by atoms with van der Waals surface area (Å²) in [6, 6.07) is 0. The zero-order chi connectivity index (χ0) is 13.3. The Labute approximate surface area is 108 Å². The van der Waals surface area contributed by atoms with Crippen LogP contribution in [-0.2, 0) is 0 Å². The lowest BCUT2D eigenvalue weighted by molar-refractivity contribution is -0.0447. The van der Waals surface area contributed by atoms with Crippen molar-refractivity contribution in [1.29, 1.82) is 0 Å². The maximum Gasteiger partial charge on any atom is 0.0648 e. The van der Waals surface area contributed by atoms with Crippen LogP contribution in [0.25, 0.3) is 0 Å². The number of hydrogen-bond acceptors (Lipinski definition) is 1. The first-order valence-electron chi connectivity index (χ1n) is 7.34. The Balaban J connectivity index is 2.52. The van der Waals surface area contributed by atoms with Crippen LogP contribution >= 0.6 is 0 Å². The topological polar surface area (TPSA) is 20.2 Å². The molecule has 1 fully saturated rings.